The summed E-state index contributed by atoms with van der Waals surface area (Å²) >= 11 is 9.15. The molecule has 2 aromatic rings. The maximum absolute atomic E-state index is 11.0. The summed E-state index contributed by atoms with van der Waals surface area (Å²) in [5, 5.41) is 15.4. The van der Waals surface area contributed by atoms with Gasteiger partial charge in [-0.15, -0.1) is 0 Å². The number of hydrogen-bond donors (Lipinski definition) is 0. The van der Waals surface area contributed by atoms with Gasteiger partial charge in [0.1, 0.15) is 5.15 Å². The van der Waals surface area contributed by atoms with Gasteiger partial charge in [0.05, 0.1) is 20.8 Å². The van der Waals surface area contributed by atoms with Gasteiger partial charge in [0, 0.05) is 6.07 Å². The van der Waals surface area contributed by atoms with Crippen molar-refractivity contribution in [3.8, 4) is 5.82 Å². The smallest absolute Gasteiger partial charge is 0.258 e. The molecule has 2 aromatic heterocycles. The molecule has 0 saturated heterocycles. The van der Waals surface area contributed by atoms with Crippen molar-refractivity contribution in [2.24, 2.45) is 0 Å². The fourth-order valence-corrected chi connectivity index (χ4v) is 1.94. The molecular formula is C10H8BrClN4O2. The third kappa shape index (κ3) is 2.11. The second kappa shape index (κ2) is 4.66. The fraction of sp³-hybridized carbons (Fsp3) is 0.200. The van der Waals surface area contributed by atoms with E-state index in [4.69, 9.17) is 11.6 Å². The second-order valence-corrected chi connectivity index (χ2v) is 4.81. The molecule has 0 N–H and O–H groups in total. The van der Waals surface area contributed by atoms with Gasteiger partial charge in [-0.1, -0.05) is 11.6 Å². The first kappa shape index (κ1) is 13.0. The SMILES string of the molecule is Cc1nn(-c2nc(Cl)ccc2[N+](=O)[O-])c(C)c1Br. The van der Waals surface area contributed by atoms with E-state index in [-0.39, 0.29) is 16.7 Å². The number of pyridine rings is 1. The van der Waals surface area contributed by atoms with Gasteiger partial charge in [-0.2, -0.15) is 5.10 Å². The van der Waals surface area contributed by atoms with E-state index >= 15 is 0 Å². The van der Waals surface area contributed by atoms with Crippen LogP contribution in [0.2, 0.25) is 5.15 Å². The van der Waals surface area contributed by atoms with Gasteiger partial charge in [-0.3, -0.25) is 10.1 Å². The molecule has 0 saturated carbocycles. The summed E-state index contributed by atoms with van der Waals surface area (Å²) in [6.45, 7) is 3.58. The maximum atomic E-state index is 11.0. The lowest BCUT2D eigenvalue weighted by molar-refractivity contribution is -0.384. The van der Waals surface area contributed by atoms with Crippen LogP contribution < -0.4 is 0 Å². The van der Waals surface area contributed by atoms with Crippen LogP contribution in [0, 0.1) is 24.0 Å². The van der Waals surface area contributed by atoms with Gasteiger partial charge in [0.15, 0.2) is 0 Å². The van der Waals surface area contributed by atoms with Crippen molar-refractivity contribution in [1.82, 2.24) is 14.8 Å². The zero-order valence-corrected chi connectivity index (χ0v) is 11.9. The number of rotatable bonds is 2. The van der Waals surface area contributed by atoms with Crippen molar-refractivity contribution < 1.29 is 4.92 Å². The number of hydrogen-bond acceptors (Lipinski definition) is 4. The van der Waals surface area contributed by atoms with Crippen LogP contribution in [0.25, 0.3) is 5.82 Å². The number of aryl methyl sites for hydroxylation is 1. The lowest BCUT2D eigenvalue weighted by Gasteiger charge is -2.04. The summed E-state index contributed by atoms with van der Waals surface area (Å²) in [6.07, 6.45) is 0. The Bertz CT molecular complexity index is 641. The topological polar surface area (TPSA) is 73.8 Å². The van der Waals surface area contributed by atoms with Crippen molar-refractivity contribution in [2.45, 2.75) is 13.8 Å². The minimum absolute atomic E-state index is 0.110. The highest BCUT2D eigenvalue weighted by Crippen LogP contribution is 2.27. The van der Waals surface area contributed by atoms with Gasteiger partial charge in [-0.05, 0) is 35.8 Å². The molecule has 0 fully saturated rings. The molecule has 18 heavy (non-hydrogen) atoms. The first-order chi connectivity index (χ1) is 8.41. The molecule has 0 amide bonds. The normalized spacial score (nSPS) is 10.7. The zero-order chi connectivity index (χ0) is 13.4. The Morgan fingerprint density at radius 1 is 1.44 bits per heavy atom. The van der Waals surface area contributed by atoms with E-state index in [2.05, 4.69) is 26.0 Å². The fourth-order valence-electron chi connectivity index (χ4n) is 1.55. The first-order valence-corrected chi connectivity index (χ1v) is 6.12. The third-order valence-electron chi connectivity index (χ3n) is 2.42. The van der Waals surface area contributed by atoms with Gasteiger partial charge in [0.2, 0.25) is 5.82 Å². The monoisotopic (exact) mass is 330 g/mol. The molecule has 0 spiro atoms. The quantitative estimate of drug-likeness (QED) is 0.481. The van der Waals surface area contributed by atoms with Crippen molar-refractivity contribution in [3.63, 3.8) is 0 Å². The Balaban J connectivity index is 2.73. The Kier molecular flexibility index (Phi) is 3.36. The predicted octanol–water partition coefficient (Wildman–Crippen LogP) is 3.21. The van der Waals surface area contributed by atoms with E-state index < -0.39 is 4.92 Å². The van der Waals surface area contributed by atoms with Crippen LogP contribution in [-0.4, -0.2) is 19.7 Å². The Hall–Kier alpha value is -1.47. The van der Waals surface area contributed by atoms with Crippen molar-refractivity contribution in [3.05, 3.63) is 43.3 Å². The van der Waals surface area contributed by atoms with Crippen LogP contribution >= 0.6 is 27.5 Å². The summed E-state index contributed by atoms with van der Waals surface area (Å²) in [6, 6.07) is 2.69. The Morgan fingerprint density at radius 3 is 2.61 bits per heavy atom. The highest BCUT2D eigenvalue weighted by atomic mass is 79.9. The minimum Gasteiger partial charge on any atom is -0.258 e. The number of halogens is 2. The van der Waals surface area contributed by atoms with Crippen molar-refractivity contribution in [1.29, 1.82) is 0 Å². The van der Waals surface area contributed by atoms with E-state index in [0.717, 1.165) is 15.9 Å². The number of aromatic nitrogens is 3. The molecular weight excluding hydrogens is 323 g/mol. The summed E-state index contributed by atoms with van der Waals surface area (Å²) < 4.78 is 2.20. The summed E-state index contributed by atoms with van der Waals surface area (Å²) in [4.78, 5) is 14.5. The predicted molar refractivity (Wildman–Crippen MR) is 70.2 cm³/mol. The lowest BCUT2D eigenvalue weighted by atomic mass is 10.3. The summed E-state index contributed by atoms with van der Waals surface area (Å²) in [7, 11) is 0. The highest BCUT2D eigenvalue weighted by Gasteiger charge is 2.21. The molecule has 94 valence electrons. The summed E-state index contributed by atoms with van der Waals surface area (Å²) in [5.41, 5.74) is 1.31. The highest BCUT2D eigenvalue weighted by molar-refractivity contribution is 9.10. The molecule has 0 aliphatic carbocycles. The van der Waals surface area contributed by atoms with Crippen LogP contribution in [-0.2, 0) is 0 Å². The molecule has 2 rings (SSSR count). The lowest BCUT2D eigenvalue weighted by Crippen LogP contribution is -2.06. The molecule has 0 aromatic carbocycles. The van der Waals surface area contributed by atoms with E-state index in [9.17, 15) is 10.1 Å². The van der Waals surface area contributed by atoms with E-state index in [1.807, 2.05) is 0 Å². The third-order valence-corrected chi connectivity index (χ3v) is 3.78. The van der Waals surface area contributed by atoms with Gasteiger partial charge in [-0.25, -0.2) is 9.67 Å². The van der Waals surface area contributed by atoms with Crippen molar-refractivity contribution >= 4 is 33.2 Å². The van der Waals surface area contributed by atoms with Gasteiger partial charge in [0.25, 0.3) is 0 Å². The molecule has 0 aliphatic heterocycles. The summed E-state index contributed by atoms with van der Waals surface area (Å²) in [5.74, 6) is 0.110. The van der Waals surface area contributed by atoms with Crippen LogP contribution in [0.4, 0.5) is 5.69 Å². The molecule has 0 aliphatic rings. The standard InChI is InChI=1S/C10H8BrClN4O2/c1-5-9(11)6(2)15(14-5)10-7(16(17)18)3-4-8(12)13-10/h3-4H,1-2H3. The second-order valence-electron chi connectivity index (χ2n) is 3.63. The number of nitrogens with zero attached hydrogens (tertiary/aromatic N) is 4. The molecule has 6 nitrogen and oxygen atoms in total. The van der Waals surface area contributed by atoms with Crippen molar-refractivity contribution in [2.75, 3.05) is 0 Å². The van der Waals surface area contributed by atoms with E-state index in [1.54, 1.807) is 13.8 Å². The first-order valence-electron chi connectivity index (χ1n) is 4.95. The Morgan fingerprint density at radius 2 is 2.11 bits per heavy atom. The van der Waals surface area contributed by atoms with E-state index in [0.29, 0.717) is 0 Å². The van der Waals surface area contributed by atoms with Crippen LogP contribution in [0.15, 0.2) is 16.6 Å². The average Bonchev–Trinajstić information content (AvgIpc) is 2.56. The molecule has 2 heterocycles. The molecule has 0 unspecified atom stereocenters. The molecule has 8 heteroatoms. The van der Waals surface area contributed by atoms with Crippen LogP contribution in [0.3, 0.4) is 0 Å². The van der Waals surface area contributed by atoms with Crippen LogP contribution in [0.5, 0.6) is 0 Å². The zero-order valence-electron chi connectivity index (χ0n) is 9.52. The van der Waals surface area contributed by atoms with Gasteiger partial charge < -0.3 is 0 Å². The van der Waals surface area contributed by atoms with Gasteiger partial charge >= 0.3 is 5.69 Å². The minimum atomic E-state index is -0.511. The van der Waals surface area contributed by atoms with Crippen LogP contribution in [0.1, 0.15) is 11.4 Å². The Labute approximate surface area is 116 Å². The average molecular weight is 332 g/mol. The molecule has 0 bridgehead atoms. The largest absolute Gasteiger partial charge is 0.313 e. The molecule has 0 atom stereocenters. The van der Waals surface area contributed by atoms with E-state index in [1.165, 1.54) is 16.8 Å². The maximum Gasteiger partial charge on any atom is 0.313 e. The molecule has 0 radical (unpaired) electrons. The number of nitro groups is 1.